The zero-order valence-corrected chi connectivity index (χ0v) is 12.9. The second-order valence-corrected chi connectivity index (χ2v) is 5.26. The Morgan fingerprint density at radius 3 is 2.81 bits per heavy atom. The molecule has 0 amide bonds. The summed E-state index contributed by atoms with van der Waals surface area (Å²) >= 11 is 5.48. The molecule has 1 N–H and O–H groups in total. The highest BCUT2D eigenvalue weighted by atomic mass is 32.1. The van der Waals surface area contributed by atoms with Crippen molar-refractivity contribution in [2.75, 3.05) is 7.11 Å². The lowest BCUT2D eigenvalue weighted by molar-refractivity contribution is 0.399. The number of rotatable bonds is 4. The van der Waals surface area contributed by atoms with Gasteiger partial charge in [-0.25, -0.2) is 0 Å². The number of hydrogen-bond acceptors (Lipinski definition) is 3. The molecule has 3 rings (SSSR count). The lowest BCUT2D eigenvalue weighted by Crippen LogP contribution is -2.01. The molecule has 0 aliphatic carbocycles. The molecule has 0 spiro atoms. The van der Waals surface area contributed by atoms with Gasteiger partial charge in [-0.2, -0.15) is 4.98 Å². The smallest absolute Gasteiger partial charge is 0.215 e. The SMILES string of the molecule is CCCc1ccccc1-n1c(=S)[nH]c2ccc(OC)nc21. The van der Waals surface area contributed by atoms with Crippen molar-refractivity contribution in [3.8, 4) is 11.6 Å². The molecule has 3 aromatic rings. The Morgan fingerprint density at radius 2 is 2.05 bits per heavy atom. The van der Waals surface area contributed by atoms with Crippen molar-refractivity contribution >= 4 is 23.4 Å². The van der Waals surface area contributed by atoms with Crippen LogP contribution < -0.4 is 4.74 Å². The van der Waals surface area contributed by atoms with Crippen LogP contribution in [0, 0.1) is 4.77 Å². The van der Waals surface area contributed by atoms with Crippen LogP contribution in [0.2, 0.25) is 0 Å². The molecule has 1 aromatic carbocycles. The van der Waals surface area contributed by atoms with Gasteiger partial charge in [0.2, 0.25) is 5.88 Å². The number of nitrogens with one attached hydrogen (secondary N) is 1. The predicted molar refractivity (Wildman–Crippen MR) is 86.8 cm³/mol. The lowest BCUT2D eigenvalue weighted by Gasteiger charge is -2.10. The molecule has 0 fully saturated rings. The maximum absolute atomic E-state index is 5.48. The van der Waals surface area contributed by atoms with Gasteiger partial charge in [0.25, 0.3) is 0 Å². The highest BCUT2D eigenvalue weighted by Crippen LogP contribution is 2.23. The normalized spacial score (nSPS) is 11.0. The Labute approximate surface area is 128 Å². The number of benzene rings is 1. The molecule has 108 valence electrons. The highest BCUT2D eigenvalue weighted by molar-refractivity contribution is 7.71. The van der Waals surface area contributed by atoms with Crippen LogP contribution >= 0.6 is 12.2 Å². The maximum atomic E-state index is 5.48. The molecule has 0 aliphatic heterocycles. The average Bonchev–Trinajstić information content (AvgIpc) is 2.83. The lowest BCUT2D eigenvalue weighted by atomic mass is 10.1. The van der Waals surface area contributed by atoms with E-state index in [1.54, 1.807) is 7.11 Å². The number of aromatic amines is 1. The number of ether oxygens (including phenoxy) is 1. The summed E-state index contributed by atoms with van der Waals surface area (Å²) < 4.78 is 7.86. The van der Waals surface area contributed by atoms with Crippen LogP contribution in [0.25, 0.3) is 16.9 Å². The van der Waals surface area contributed by atoms with Crippen LogP contribution in [-0.2, 0) is 6.42 Å². The minimum Gasteiger partial charge on any atom is -0.481 e. The molecule has 5 heteroatoms. The molecule has 4 nitrogen and oxygen atoms in total. The van der Waals surface area contributed by atoms with E-state index in [9.17, 15) is 0 Å². The molecule has 0 saturated carbocycles. The first-order valence-electron chi connectivity index (χ1n) is 6.98. The third-order valence-corrected chi connectivity index (χ3v) is 3.75. The number of hydrogen-bond donors (Lipinski definition) is 1. The summed E-state index contributed by atoms with van der Waals surface area (Å²) in [6.45, 7) is 2.17. The summed E-state index contributed by atoms with van der Waals surface area (Å²) in [5, 5.41) is 0. The maximum Gasteiger partial charge on any atom is 0.215 e. The number of aryl methyl sites for hydroxylation is 1. The van der Waals surface area contributed by atoms with Gasteiger partial charge in [0.1, 0.15) is 0 Å². The molecule has 0 bridgehead atoms. The van der Waals surface area contributed by atoms with Crippen molar-refractivity contribution in [3.63, 3.8) is 0 Å². The Bertz CT molecular complexity index is 835. The zero-order chi connectivity index (χ0) is 14.8. The van der Waals surface area contributed by atoms with Crippen LogP contribution in [0.4, 0.5) is 0 Å². The molecular weight excluding hydrogens is 282 g/mol. The second-order valence-electron chi connectivity index (χ2n) is 4.87. The predicted octanol–water partition coefficient (Wildman–Crippen LogP) is 4.04. The van der Waals surface area contributed by atoms with Crippen molar-refractivity contribution in [1.82, 2.24) is 14.5 Å². The fraction of sp³-hybridized carbons (Fsp3) is 0.250. The molecule has 0 atom stereocenters. The summed E-state index contributed by atoms with van der Waals surface area (Å²) in [4.78, 5) is 7.74. The molecule has 21 heavy (non-hydrogen) atoms. The Kier molecular flexibility index (Phi) is 3.75. The molecular formula is C16H17N3OS. The van der Waals surface area contributed by atoms with Gasteiger partial charge in [0, 0.05) is 6.07 Å². The number of imidazole rings is 1. The summed E-state index contributed by atoms with van der Waals surface area (Å²) in [5.74, 6) is 0.582. The number of para-hydroxylation sites is 1. The van der Waals surface area contributed by atoms with E-state index in [2.05, 4.69) is 35.1 Å². The van der Waals surface area contributed by atoms with Crippen molar-refractivity contribution in [2.45, 2.75) is 19.8 Å². The van der Waals surface area contributed by atoms with Crippen LogP contribution in [0.3, 0.4) is 0 Å². The van der Waals surface area contributed by atoms with E-state index in [0.29, 0.717) is 10.7 Å². The summed E-state index contributed by atoms with van der Waals surface area (Å²) in [7, 11) is 1.62. The van der Waals surface area contributed by atoms with Gasteiger partial charge in [-0.05, 0) is 36.3 Å². The third-order valence-electron chi connectivity index (χ3n) is 3.47. The van der Waals surface area contributed by atoms with Crippen LogP contribution in [0.15, 0.2) is 36.4 Å². The van der Waals surface area contributed by atoms with Crippen LogP contribution in [-0.4, -0.2) is 21.6 Å². The first-order valence-corrected chi connectivity index (χ1v) is 7.39. The standard InChI is InChI=1S/C16H17N3OS/c1-3-6-11-7-4-5-8-13(11)19-15-12(17-16(19)21)9-10-14(18-15)20-2/h4-5,7-10H,3,6H2,1-2H3,(H,17,21). The van der Waals surface area contributed by atoms with Crippen LogP contribution in [0.1, 0.15) is 18.9 Å². The van der Waals surface area contributed by atoms with Crippen molar-refractivity contribution in [3.05, 3.63) is 46.7 Å². The van der Waals surface area contributed by atoms with Gasteiger partial charge >= 0.3 is 0 Å². The number of fused-ring (bicyclic) bond motifs is 1. The zero-order valence-electron chi connectivity index (χ0n) is 12.1. The Hall–Kier alpha value is -2.14. The minimum atomic E-state index is 0.582. The van der Waals surface area contributed by atoms with Gasteiger partial charge in [0.05, 0.1) is 18.3 Å². The topological polar surface area (TPSA) is 42.8 Å². The summed E-state index contributed by atoms with van der Waals surface area (Å²) in [5.41, 5.74) is 4.05. The van der Waals surface area contributed by atoms with Gasteiger partial charge in [0.15, 0.2) is 10.4 Å². The number of aromatic nitrogens is 3. The van der Waals surface area contributed by atoms with E-state index in [1.165, 1.54) is 5.56 Å². The number of nitrogens with zero attached hydrogens (tertiary/aromatic N) is 2. The molecule has 0 unspecified atom stereocenters. The van der Waals surface area contributed by atoms with Crippen molar-refractivity contribution in [1.29, 1.82) is 0 Å². The fourth-order valence-electron chi connectivity index (χ4n) is 2.51. The van der Waals surface area contributed by atoms with Gasteiger partial charge in [-0.3, -0.25) is 4.57 Å². The number of pyridine rings is 1. The van der Waals surface area contributed by atoms with E-state index in [1.807, 2.05) is 22.8 Å². The Balaban J connectivity index is 2.29. The van der Waals surface area contributed by atoms with E-state index in [-0.39, 0.29) is 0 Å². The highest BCUT2D eigenvalue weighted by Gasteiger charge is 2.11. The van der Waals surface area contributed by atoms with E-state index in [4.69, 9.17) is 17.0 Å². The molecule has 0 saturated heterocycles. The molecule has 2 aromatic heterocycles. The second kappa shape index (κ2) is 5.69. The van der Waals surface area contributed by atoms with Gasteiger partial charge in [-0.1, -0.05) is 31.5 Å². The quantitative estimate of drug-likeness (QED) is 0.739. The monoisotopic (exact) mass is 299 g/mol. The van der Waals surface area contributed by atoms with Crippen LogP contribution in [0.5, 0.6) is 5.88 Å². The van der Waals surface area contributed by atoms with E-state index in [0.717, 1.165) is 29.7 Å². The first-order chi connectivity index (χ1) is 10.2. The van der Waals surface area contributed by atoms with Crippen molar-refractivity contribution in [2.24, 2.45) is 0 Å². The summed E-state index contributed by atoms with van der Waals surface area (Å²) in [6.07, 6.45) is 2.10. The number of methoxy groups -OCH3 is 1. The third kappa shape index (κ3) is 2.45. The Morgan fingerprint density at radius 1 is 1.24 bits per heavy atom. The minimum absolute atomic E-state index is 0.582. The molecule has 2 heterocycles. The fourth-order valence-corrected chi connectivity index (χ4v) is 2.81. The average molecular weight is 299 g/mol. The largest absolute Gasteiger partial charge is 0.481 e. The van der Waals surface area contributed by atoms with Gasteiger partial charge in [-0.15, -0.1) is 0 Å². The molecule has 0 radical (unpaired) electrons. The number of H-pyrrole nitrogens is 1. The first kappa shape index (κ1) is 13.8. The van der Waals surface area contributed by atoms with Crippen molar-refractivity contribution < 1.29 is 4.74 Å². The van der Waals surface area contributed by atoms with Gasteiger partial charge < -0.3 is 9.72 Å². The van der Waals surface area contributed by atoms with E-state index >= 15 is 0 Å². The summed E-state index contributed by atoms with van der Waals surface area (Å²) in [6, 6.07) is 12.1. The van der Waals surface area contributed by atoms with E-state index < -0.39 is 0 Å². The molecule has 0 aliphatic rings.